The van der Waals surface area contributed by atoms with Gasteiger partial charge in [-0.25, -0.2) is 5.01 Å². The summed E-state index contributed by atoms with van der Waals surface area (Å²) in [5, 5.41) is 16.8. The number of nitrogens with zero attached hydrogens (tertiary/aromatic N) is 2. The van der Waals surface area contributed by atoms with Gasteiger partial charge in [-0.15, -0.1) is 0 Å². The number of aliphatic carboxylic acids is 1. The van der Waals surface area contributed by atoms with E-state index in [2.05, 4.69) is 10.6 Å². The number of para-hydroxylation sites is 1. The third-order valence-corrected chi connectivity index (χ3v) is 6.01. The number of carbonyl (C=O) groups is 6. The molecule has 2 aromatic rings. The summed E-state index contributed by atoms with van der Waals surface area (Å²) in [7, 11) is 0. The number of nitrogens with one attached hydrogen (secondary N) is 2. The van der Waals surface area contributed by atoms with Crippen LogP contribution in [0.2, 0.25) is 0 Å². The number of carboxylic acid groups (broad SMARTS) is 1. The molecule has 12 heteroatoms. The van der Waals surface area contributed by atoms with Gasteiger partial charge in [0, 0.05) is 18.4 Å². The molecule has 0 radical (unpaired) electrons. The van der Waals surface area contributed by atoms with E-state index in [4.69, 9.17) is 9.52 Å². The Morgan fingerprint density at radius 3 is 2.69 bits per heavy atom. The monoisotopic (exact) mass is 484 g/mol. The minimum Gasteiger partial charge on any atom is -0.481 e. The van der Waals surface area contributed by atoms with Crippen LogP contribution in [-0.2, 0) is 24.0 Å². The first kappa shape index (κ1) is 23.9. The molecule has 1 aromatic heterocycles. The molecule has 3 N–H and O–H groups in total. The highest BCUT2D eigenvalue weighted by atomic mass is 16.4. The Hall–Kier alpha value is -4.22. The van der Waals surface area contributed by atoms with Gasteiger partial charge < -0.3 is 25.0 Å². The Bertz CT molecular complexity index is 1160. The van der Waals surface area contributed by atoms with Gasteiger partial charge in [0.05, 0.1) is 12.5 Å². The number of aldehydes is 1. The Morgan fingerprint density at radius 2 is 1.97 bits per heavy atom. The molecule has 3 atom stereocenters. The van der Waals surface area contributed by atoms with E-state index < -0.39 is 48.2 Å². The summed E-state index contributed by atoms with van der Waals surface area (Å²) in [5.41, 5.74) is 0.505. The summed E-state index contributed by atoms with van der Waals surface area (Å²) >= 11 is 0. The highest BCUT2D eigenvalue weighted by Crippen LogP contribution is 2.26. The molecule has 184 valence electrons. The van der Waals surface area contributed by atoms with Crippen LogP contribution < -0.4 is 10.6 Å². The van der Waals surface area contributed by atoms with Crippen LogP contribution in [-0.4, -0.2) is 75.7 Å². The molecule has 0 spiro atoms. The van der Waals surface area contributed by atoms with Gasteiger partial charge in [0.25, 0.3) is 11.8 Å². The van der Waals surface area contributed by atoms with Crippen molar-refractivity contribution in [2.45, 2.75) is 50.2 Å². The third-order valence-electron chi connectivity index (χ3n) is 6.01. The number of hydrogen-bond acceptors (Lipinski definition) is 7. The van der Waals surface area contributed by atoms with Gasteiger partial charge in [-0.3, -0.25) is 29.0 Å². The van der Waals surface area contributed by atoms with Gasteiger partial charge in [-0.1, -0.05) is 18.2 Å². The smallest absolute Gasteiger partial charge is 0.305 e. The summed E-state index contributed by atoms with van der Waals surface area (Å²) in [5.74, 6) is -3.70. The van der Waals surface area contributed by atoms with Crippen LogP contribution in [0.15, 0.2) is 34.7 Å². The van der Waals surface area contributed by atoms with Crippen molar-refractivity contribution in [2.75, 3.05) is 6.54 Å². The van der Waals surface area contributed by atoms with Gasteiger partial charge in [0.1, 0.15) is 24.0 Å². The second kappa shape index (κ2) is 9.95. The van der Waals surface area contributed by atoms with Gasteiger partial charge in [0.15, 0.2) is 5.76 Å². The molecule has 2 aliphatic rings. The molecule has 35 heavy (non-hydrogen) atoms. The van der Waals surface area contributed by atoms with E-state index in [-0.39, 0.29) is 37.5 Å². The van der Waals surface area contributed by atoms with Crippen molar-refractivity contribution < 1.29 is 38.3 Å². The van der Waals surface area contributed by atoms with Crippen LogP contribution >= 0.6 is 0 Å². The Balaban J connectivity index is 1.54. The van der Waals surface area contributed by atoms with Crippen molar-refractivity contribution in [1.29, 1.82) is 0 Å². The summed E-state index contributed by atoms with van der Waals surface area (Å²) in [6.45, 7) is 0.213. The fourth-order valence-electron chi connectivity index (χ4n) is 4.33. The summed E-state index contributed by atoms with van der Waals surface area (Å²) in [6, 6.07) is 5.06. The zero-order valence-electron chi connectivity index (χ0n) is 18.6. The molecule has 12 nitrogen and oxygen atoms in total. The van der Waals surface area contributed by atoms with Crippen LogP contribution in [0, 0.1) is 0 Å². The summed E-state index contributed by atoms with van der Waals surface area (Å²) in [4.78, 5) is 74.1. The average Bonchev–Trinajstić information content (AvgIpc) is 3.24. The zero-order chi connectivity index (χ0) is 25.1. The largest absolute Gasteiger partial charge is 0.481 e. The predicted molar refractivity (Wildman–Crippen MR) is 119 cm³/mol. The maximum Gasteiger partial charge on any atom is 0.305 e. The quantitative estimate of drug-likeness (QED) is 0.469. The standard InChI is InChI=1S/C23H24N4O8/c28-12-14(11-20(30)31)24-21(32)16-5-3-9-26-19(29)8-7-15(23(34)27(16)26)25-22(33)18-10-13-4-1-2-6-17(13)35-18/h1-2,4,6,10,12,14-16H,3,5,7-9,11H2,(H,24,32)(H,25,33)(H,30,31). The molecular weight excluding hydrogens is 460 g/mol. The van der Waals surface area contributed by atoms with Crippen molar-refractivity contribution in [3.63, 3.8) is 0 Å². The van der Waals surface area contributed by atoms with E-state index in [1.807, 2.05) is 0 Å². The number of rotatable bonds is 7. The van der Waals surface area contributed by atoms with Crippen molar-refractivity contribution in [3.8, 4) is 0 Å². The number of carbonyl (C=O) groups excluding carboxylic acids is 5. The molecule has 4 amide bonds. The van der Waals surface area contributed by atoms with E-state index in [0.29, 0.717) is 23.7 Å². The van der Waals surface area contributed by atoms with Gasteiger partial charge >= 0.3 is 5.97 Å². The van der Waals surface area contributed by atoms with Crippen LogP contribution in [0.25, 0.3) is 11.0 Å². The molecule has 2 aliphatic heterocycles. The molecule has 3 unspecified atom stereocenters. The second-order valence-electron chi connectivity index (χ2n) is 8.42. The molecule has 2 saturated heterocycles. The van der Waals surface area contributed by atoms with Gasteiger partial charge in [0.2, 0.25) is 11.8 Å². The lowest BCUT2D eigenvalue weighted by Crippen LogP contribution is -2.64. The lowest BCUT2D eigenvalue weighted by molar-refractivity contribution is -0.176. The Morgan fingerprint density at radius 1 is 1.20 bits per heavy atom. The minimum atomic E-state index is -1.28. The van der Waals surface area contributed by atoms with Crippen molar-refractivity contribution in [1.82, 2.24) is 20.7 Å². The highest BCUT2D eigenvalue weighted by Gasteiger charge is 2.45. The van der Waals surface area contributed by atoms with Crippen LogP contribution in [0.1, 0.15) is 42.7 Å². The van der Waals surface area contributed by atoms with Gasteiger partial charge in [-0.05, 0) is 31.4 Å². The lowest BCUT2D eigenvalue weighted by Gasteiger charge is -2.43. The van der Waals surface area contributed by atoms with Crippen LogP contribution in [0.5, 0.6) is 0 Å². The SMILES string of the molecule is O=CC(CC(=O)O)NC(=O)C1CCCN2C(=O)CCC(NC(=O)c3cc4ccccc4o3)C(=O)N12. The van der Waals surface area contributed by atoms with Crippen molar-refractivity contribution in [2.24, 2.45) is 0 Å². The van der Waals surface area contributed by atoms with E-state index >= 15 is 0 Å². The number of hydrazine groups is 1. The minimum absolute atomic E-state index is 0.00172. The molecule has 0 saturated carbocycles. The first-order chi connectivity index (χ1) is 16.8. The normalized spacial score (nSPS) is 21.1. The topological polar surface area (TPSA) is 166 Å². The van der Waals surface area contributed by atoms with E-state index in [0.717, 1.165) is 5.01 Å². The molecule has 0 aliphatic carbocycles. The van der Waals surface area contributed by atoms with Crippen LogP contribution in [0.3, 0.4) is 0 Å². The molecule has 4 rings (SSSR count). The lowest BCUT2D eigenvalue weighted by atomic mass is 10.0. The number of carboxylic acids is 1. The van der Waals surface area contributed by atoms with Crippen molar-refractivity contribution >= 4 is 46.9 Å². The van der Waals surface area contributed by atoms with Crippen LogP contribution in [0.4, 0.5) is 0 Å². The second-order valence-corrected chi connectivity index (χ2v) is 8.42. The fraction of sp³-hybridized carbons (Fsp3) is 0.391. The number of amides is 4. The maximum atomic E-state index is 13.5. The molecule has 1 aromatic carbocycles. The molecule has 2 fully saturated rings. The number of hydrogen-bond donors (Lipinski definition) is 3. The predicted octanol–water partition coefficient (Wildman–Crippen LogP) is 0.218. The van der Waals surface area contributed by atoms with Crippen molar-refractivity contribution in [3.05, 3.63) is 36.1 Å². The first-order valence-corrected chi connectivity index (χ1v) is 11.2. The number of fused-ring (bicyclic) bond motifs is 2. The van der Waals surface area contributed by atoms with E-state index in [1.54, 1.807) is 30.3 Å². The Kier molecular flexibility index (Phi) is 6.80. The Labute approximate surface area is 199 Å². The molecule has 3 heterocycles. The van der Waals surface area contributed by atoms with Gasteiger partial charge in [-0.2, -0.15) is 0 Å². The number of furan rings is 1. The third kappa shape index (κ3) is 5.00. The first-order valence-electron chi connectivity index (χ1n) is 11.2. The summed E-state index contributed by atoms with van der Waals surface area (Å²) < 4.78 is 5.55. The fourth-order valence-corrected chi connectivity index (χ4v) is 4.33. The maximum absolute atomic E-state index is 13.5. The zero-order valence-corrected chi connectivity index (χ0v) is 18.6. The molecule has 0 bridgehead atoms. The van der Waals surface area contributed by atoms with E-state index in [1.165, 1.54) is 5.01 Å². The highest BCUT2D eigenvalue weighted by molar-refractivity contribution is 6.00. The molecular formula is C23H24N4O8. The average molecular weight is 484 g/mol. The number of benzene rings is 1. The summed E-state index contributed by atoms with van der Waals surface area (Å²) in [6.07, 6.45) is 0.310. The van der Waals surface area contributed by atoms with E-state index in [9.17, 15) is 28.8 Å².